The Balaban J connectivity index is 1.96. The first-order valence-electron chi connectivity index (χ1n) is 8.31. The first kappa shape index (κ1) is 17.8. The second-order valence-corrected chi connectivity index (χ2v) is 6.16. The predicted octanol–water partition coefficient (Wildman–Crippen LogP) is 2.96. The molecular formula is C19H15F3N6. The van der Waals surface area contributed by atoms with Gasteiger partial charge in [0.1, 0.15) is 0 Å². The largest absolute Gasteiger partial charge is 0.418 e. The summed E-state index contributed by atoms with van der Waals surface area (Å²) < 4.78 is 42.9. The molecule has 1 aromatic carbocycles. The predicted molar refractivity (Wildman–Crippen MR) is 97.5 cm³/mol. The number of hydrogen-bond donors (Lipinski definition) is 2. The van der Waals surface area contributed by atoms with Crippen LogP contribution in [0.3, 0.4) is 0 Å². The molecule has 0 spiro atoms. The van der Waals surface area contributed by atoms with Crippen LogP contribution in [0.2, 0.25) is 0 Å². The van der Waals surface area contributed by atoms with Gasteiger partial charge in [-0.15, -0.1) is 0 Å². The number of nitrogens with one attached hydrogen (secondary N) is 1. The van der Waals surface area contributed by atoms with E-state index in [0.29, 0.717) is 11.3 Å². The van der Waals surface area contributed by atoms with Crippen LogP contribution in [-0.4, -0.2) is 20.5 Å². The van der Waals surface area contributed by atoms with Crippen molar-refractivity contribution in [3.8, 4) is 5.69 Å². The minimum atomic E-state index is -4.58. The first-order valence-corrected chi connectivity index (χ1v) is 8.31. The standard InChI is InChI=1S/C19H15F3N6/c20-19(21,22)14-11-13(4-5-15(14)28-10-9-24-12-28)18(6-8-26-17(23)27-18)16-3-1-2-7-25-16/h1-12H,(H3,23,26,27). The van der Waals surface area contributed by atoms with Gasteiger partial charge in [0, 0.05) is 24.8 Å². The molecule has 1 unspecified atom stereocenters. The van der Waals surface area contributed by atoms with E-state index in [2.05, 4.69) is 20.3 Å². The molecule has 2 aromatic heterocycles. The van der Waals surface area contributed by atoms with Crippen molar-refractivity contribution in [1.82, 2.24) is 19.9 Å². The van der Waals surface area contributed by atoms with E-state index in [1.54, 1.807) is 42.7 Å². The zero-order chi connectivity index (χ0) is 19.8. The van der Waals surface area contributed by atoms with Gasteiger partial charge in [0.2, 0.25) is 0 Å². The molecule has 1 atom stereocenters. The van der Waals surface area contributed by atoms with Gasteiger partial charge in [0.05, 0.1) is 23.3 Å². The zero-order valence-corrected chi connectivity index (χ0v) is 14.4. The van der Waals surface area contributed by atoms with Crippen LogP contribution in [0.25, 0.3) is 5.69 Å². The minimum absolute atomic E-state index is 0.0280. The summed E-state index contributed by atoms with van der Waals surface area (Å²) in [5.41, 5.74) is 4.49. The SMILES string of the molecule is NC1=NC(c2ccc(-n3ccnc3)c(C(F)(F)F)c2)(c2ccccn2)C=CN1. The minimum Gasteiger partial charge on any atom is -0.370 e. The monoisotopic (exact) mass is 384 g/mol. The summed E-state index contributed by atoms with van der Waals surface area (Å²) in [6.45, 7) is 0. The van der Waals surface area contributed by atoms with Crippen LogP contribution in [0.1, 0.15) is 16.8 Å². The molecule has 0 fully saturated rings. The molecule has 0 bridgehead atoms. The van der Waals surface area contributed by atoms with Crippen molar-refractivity contribution in [2.24, 2.45) is 10.7 Å². The number of nitrogens with two attached hydrogens (primary N) is 1. The normalized spacial score (nSPS) is 19.2. The van der Waals surface area contributed by atoms with Crippen molar-refractivity contribution in [2.75, 3.05) is 0 Å². The van der Waals surface area contributed by atoms with Crippen LogP contribution in [0.15, 0.2) is 78.6 Å². The number of alkyl halides is 3. The van der Waals surface area contributed by atoms with Gasteiger partial charge in [-0.2, -0.15) is 13.2 Å². The number of pyridine rings is 1. The third-order valence-corrected chi connectivity index (χ3v) is 4.43. The highest BCUT2D eigenvalue weighted by Gasteiger charge is 2.39. The second-order valence-electron chi connectivity index (χ2n) is 6.16. The average molecular weight is 384 g/mol. The van der Waals surface area contributed by atoms with Crippen molar-refractivity contribution in [3.63, 3.8) is 0 Å². The molecule has 9 heteroatoms. The number of aliphatic imine (C=N–C) groups is 1. The summed E-state index contributed by atoms with van der Waals surface area (Å²) in [6.07, 6.45) is 4.37. The van der Waals surface area contributed by atoms with E-state index in [1.807, 2.05) is 0 Å². The number of rotatable bonds is 3. The highest BCUT2D eigenvalue weighted by molar-refractivity contribution is 5.81. The van der Waals surface area contributed by atoms with Gasteiger partial charge in [0.25, 0.3) is 0 Å². The molecular weight excluding hydrogens is 369 g/mol. The zero-order valence-electron chi connectivity index (χ0n) is 14.4. The van der Waals surface area contributed by atoms with Crippen LogP contribution in [0, 0.1) is 0 Å². The van der Waals surface area contributed by atoms with E-state index in [4.69, 9.17) is 5.73 Å². The van der Waals surface area contributed by atoms with Gasteiger partial charge in [-0.05, 0) is 35.9 Å². The molecule has 0 saturated carbocycles. The molecule has 0 amide bonds. The Kier molecular flexibility index (Phi) is 4.14. The van der Waals surface area contributed by atoms with E-state index in [-0.39, 0.29) is 11.6 Å². The fourth-order valence-corrected chi connectivity index (χ4v) is 3.17. The van der Waals surface area contributed by atoms with Crippen molar-refractivity contribution >= 4 is 5.96 Å². The Hall–Kier alpha value is -3.62. The lowest BCUT2D eigenvalue weighted by molar-refractivity contribution is -0.137. The third kappa shape index (κ3) is 3.00. The molecule has 0 saturated heterocycles. The first-order chi connectivity index (χ1) is 13.4. The smallest absolute Gasteiger partial charge is 0.370 e. The van der Waals surface area contributed by atoms with Crippen LogP contribution in [-0.2, 0) is 11.7 Å². The van der Waals surface area contributed by atoms with Gasteiger partial charge >= 0.3 is 6.18 Å². The molecule has 6 nitrogen and oxygen atoms in total. The lowest BCUT2D eigenvalue weighted by Crippen LogP contribution is -2.38. The van der Waals surface area contributed by atoms with Crippen LogP contribution >= 0.6 is 0 Å². The van der Waals surface area contributed by atoms with Gasteiger partial charge < -0.3 is 15.6 Å². The molecule has 142 valence electrons. The van der Waals surface area contributed by atoms with E-state index in [9.17, 15) is 13.2 Å². The molecule has 3 N–H and O–H groups in total. The molecule has 1 aliphatic rings. The van der Waals surface area contributed by atoms with Crippen LogP contribution in [0.4, 0.5) is 13.2 Å². The van der Waals surface area contributed by atoms with Crippen molar-refractivity contribution < 1.29 is 13.2 Å². The molecule has 3 heterocycles. The van der Waals surface area contributed by atoms with E-state index in [0.717, 1.165) is 6.07 Å². The maximum absolute atomic E-state index is 13.9. The molecule has 28 heavy (non-hydrogen) atoms. The molecule has 0 aliphatic carbocycles. The molecule has 1 aliphatic heterocycles. The maximum Gasteiger partial charge on any atom is 0.418 e. The fraction of sp³-hybridized carbons (Fsp3) is 0.105. The topological polar surface area (TPSA) is 81.1 Å². The number of nitrogens with zero attached hydrogens (tertiary/aromatic N) is 4. The molecule has 4 rings (SSSR count). The summed E-state index contributed by atoms with van der Waals surface area (Å²) in [5, 5.41) is 2.74. The lowest BCUT2D eigenvalue weighted by atomic mass is 9.84. The van der Waals surface area contributed by atoms with Gasteiger partial charge in [-0.1, -0.05) is 12.1 Å². The number of guanidine groups is 1. The number of benzene rings is 1. The molecule has 0 radical (unpaired) electrons. The summed E-state index contributed by atoms with van der Waals surface area (Å²) >= 11 is 0. The van der Waals surface area contributed by atoms with Gasteiger partial charge in [0.15, 0.2) is 11.5 Å². The Morgan fingerprint density at radius 2 is 1.96 bits per heavy atom. The summed E-state index contributed by atoms with van der Waals surface area (Å²) in [6, 6.07) is 9.23. The van der Waals surface area contributed by atoms with Crippen molar-refractivity contribution in [3.05, 3.63) is 90.4 Å². The van der Waals surface area contributed by atoms with Crippen molar-refractivity contribution in [1.29, 1.82) is 0 Å². The van der Waals surface area contributed by atoms with Crippen LogP contribution < -0.4 is 11.1 Å². The number of aromatic nitrogens is 3. The van der Waals surface area contributed by atoms with E-state index in [1.165, 1.54) is 29.4 Å². The highest BCUT2D eigenvalue weighted by atomic mass is 19.4. The van der Waals surface area contributed by atoms with Crippen LogP contribution in [0.5, 0.6) is 0 Å². The van der Waals surface area contributed by atoms with E-state index >= 15 is 0 Å². The van der Waals surface area contributed by atoms with Gasteiger partial charge in [-0.3, -0.25) is 4.98 Å². The van der Waals surface area contributed by atoms with Gasteiger partial charge in [-0.25, -0.2) is 9.98 Å². The summed E-state index contributed by atoms with van der Waals surface area (Å²) in [5.74, 6) is 0.0837. The second kappa shape index (κ2) is 6.52. The third-order valence-electron chi connectivity index (χ3n) is 4.43. The Morgan fingerprint density at radius 3 is 2.61 bits per heavy atom. The van der Waals surface area contributed by atoms with E-state index < -0.39 is 17.3 Å². The summed E-state index contributed by atoms with van der Waals surface area (Å²) in [7, 11) is 0. The average Bonchev–Trinajstić information content (AvgIpc) is 3.22. The Bertz CT molecular complexity index is 1040. The fourth-order valence-electron chi connectivity index (χ4n) is 3.17. The maximum atomic E-state index is 13.9. The number of halogens is 3. The summed E-state index contributed by atoms with van der Waals surface area (Å²) in [4.78, 5) is 12.6. The van der Waals surface area contributed by atoms with Crippen molar-refractivity contribution in [2.45, 2.75) is 11.7 Å². The quantitative estimate of drug-likeness (QED) is 0.728. The molecule has 3 aromatic rings. The number of imidazole rings is 1. The lowest BCUT2D eigenvalue weighted by Gasteiger charge is -2.30. The number of hydrogen-bond acceptors (Lipinski definition) is 5. The Morgan fingerprint density at radius 1 is 1.11 bits per heavy atom. The highest BCUT2D eigenvalue weighted by Crippen LogP contribution is 2.40. The Labute approximate surface area is 158 Å².